The first kappa shape index (κ1) is 27.1. The van der Waals surface area contributed by atoms with Gasteiger partial charge in [-0.2, -0.15) is 5.10 Å². The Kier molecular flexibility index (Phi) is 7.64. The van der Waals surface area contributed by atoms with Crippen LogP contribution < -0.4 is 10.2 Å². The molecule has 0 spiro atoms. The van der Waals surface area contributed by atoms with Gasteiger partial charge >= 0.3 is 0 Å². The third-order valence-electron chi connectivity index (χ3n) is 6.72. The van der Waals surface area contributed by atoms with Crippen molar-refractivity contribution >= 4 is 40.7 Å². The maximum atomic E-state index is 13.8. The van der Waals surface area contributed by atoms with Crippen molar-refractivity contribution in [1.29, 1.82) is 0 Å². The van der Waals surface area contributed by atoms with Crippen LogP contribution in [-0.4, -0.2) is 38.9 Å². The Morgan fingerprint density at radius 1 is 1.13 bits per heavy atom. The summed E-state index contributed by atoms with van der Waals surface area (Å²) >= 11 is 3.29. The van der Waals surface area contributed by atoms with E-state index >= 15 is 0 Å². The van der Waals surface area contributed by atoms with Crippen molar-refractivity contribution in [3.05, 3.63) is 93.1 Å². The summed E-state index contributed by atoms with van der Waals surface area (Å²) in [5.74, 6) is 0.618. The molecular weight excluding hydrogens is 526 g/mol. The first-order valence-electron chi connectivity index (χ1n) is 13.0. The van der Waals surface area contributed by atoms with Gasteiger partial charge in [-0.15, -0.1) is 23.1 Å². The number of nitrogens with zero attached hydrogens (tertiary/aromatic N) is 4. The van der Waals surface area contributed by atoms with E-state index in [1.807, 2.05) is 22.9 Å². The number of anilines is 1. The van der Waals surface area contributed by atoms with Crippen molar-refractivity contribution in [3.63, 3.8) is 0 Å². The van der Waals surface area contributed by atoms with Gasteiger partial charge in [0.25, 0.3) is 0 Å². The Labute approximate surface area is 237 Å². The number of thioether (sulfide) groups is 1. The van der Waals surface area contributed by atoms with Crippen LogP contribution in [-0.2, 0) is 21.5 Å². The Morgan fingerprint density at radius 2 is 1.90 bits per heavy atom. The van der Waals surface area contributed by atoms with Gasteiger partial charge in [-0.25, -0.2) is 4.68 Å². The number of aromatic nitrogens is 3. The molecule has 9 heteroatoms. The summed E-state index contributed by atoms with van der Waals surface area (Å²) in [6, 6.07) is 14.1. The van der Waals surface area contributed by atoms with E-state index < -0.39 is 0 Å². The number of fused-ring (bicyclic) bond motifs is 1. The van der Waals surface area contributed by atoms with Crippen molar-refractivity contribution in [2.45, 2.75) is 51.8 Å². The summed E-state index contributed by atoms with van der Waals surface area (Å²) in [6.07, 6.45) is 3.40. The zero-order valence-electron chi connectivity index (χ0n) is 22.9. The molecule has 0 fully saturated rings. The van der Waals surface area contributed by atoms with E-state index in [-0.39, 0.29) is 34.8 Å². The van der Waals surface area contributed by atoms with Crippen LogP contribution in [0, 0.1) is 13.8 Å². The standard InChI is InChI=1S/C30H33N5O2S2/c1-19-8-9-22(20(2)15-19)35-29-26(28(33-35)30(3,4)5)27(23-7-6-14-38-23)39-18-25(37)34(29)17-24(36)32-16-21-10-12-31-13-11-21/h6-15,27H,16-18H2,1-5H3,(H,32,36). The number of benzene rings is 1. The highest BCUT2D eigenvalue weighted by molar-refractivity contribution is 8.00. The minimum absolute atomic E-state index is 0.0671. The van der Waals surface area contributed by atoms with Crippen molar-refractivity contribution in [2.75, 3.05) is 17.2 Å². The normalized spacial score (nSPS) is 15.7. The van der Waals surface area contributed by atoms with Crippen molar-refractivity contribution in [2.24, 2.45) is 0 Å². The zero-order chi connectivity index (χ0) is 27.7. The lowest BCUT2D eigenvalue weighted by Gasteiger charge is -2.24. The average Bonchev–Trinajstić information content (AvgIpc) is 3.53. The molecule has 4 aromatic rings. The number of pyridine rings is 1. The zero-order valence-corrected chi connectivity index (χ0v) is 24.5. The summed E-state index contributed by atoms with van der Waals surface area (Å²) in [4.78, 5) is 33.9. The van der Waals surface area contributed by atoms with Gasteiger partial charge in [0.05, 0.1) is 22.4 Å². The molecule has 0 radical (unpaired) electrons. The van der Waals surface area contributed by atoms with Crippen LogP contribution in [0.1, 0.15) is 58.8 Å². The number of carbonyl (C=O) groups is 2. The number of rotatable bonds is 6. The molecule has 1 aliphatic rings. The van der Waals surface area contributed by atoms with E-state index in [9.17, 15) is 9.59 Å². The highest BCUT2D eigenvalue weighted by atomic mass is 32.2. The Hall–Kier alpha value is -3.43. The van der Waals surface area contributed by atoms with Gasteiger partial charge in [-0.1, -0.05) is 44.5 Å². The van der Waals surface area contributed by atoms with E-state index in [2.05, 4.69) is 74.6 Å². The van der Waals surface area contributed by atoms with Crippen molar-refractivity contribution < 1.29 is 9.59 Å². The molecular formula is C30H33N5O2S2. The van der Waals surface area contributed by atoms with Crippen LogP contribution in [0.5, 0.6) is 0 Å². The Bertz CT molecular complexity index is 1490. The highest BCUT2D eigenvalue weighted by Gasteiger charge is 2.40. The lowest BCUT2D eigenvalue weighted by Crippen LogP contribution is -2.42. The maximum Gasteiger partial charge on any atom is 0.240 e. The monoisotopic (exact) mass is 559 g/mol. The SMILES string of the molecule is Cc1ccc(-n2nc(C(C)(C)C)c3c2N(CC(=O)NCc2ccncc2)C(=O)CSC3c2cccs2)c(C)c1. The topological polar surface area (TPSA) is 80.1 Å². The second-order valence-corrected chi connectivity index (χ2v) is 12.9. The summed E-state index contributed by atoms with van der Waals surface area (Å²) in [5.41, 5.74) is 5.71. The molecule has 7 nitrogen and oxygen atoms in total. The third-order valence-corrected chi connectivity index (χ3v) is 9.05. The quantitative estimate of drug-likeness (QED) is 0.326. The van der Waals surface area contributed by atoms with E-state index in [0.29, 0.717) is 12.4 Å². The fraction of sp³-hybridized carbons (Fsp3) is 0.333. The molecule has 1 atom stereocenters. The van der Waals surface area contributed by atoms with E-state index in [4.69, 9.17) is 5.10 Å². The number of hydrogen-bond acceptors (Lipinski definition) is 6. The summed E-state index contributed by atoms with van der Waals surface area (Å²) in [5, 5.41) is 10.2. The molecule has 2 amide bonds. The fourth-order valence-corrected chi connectivity index (χ4v) is 7.03. The second-order valence-electron chi connectivity index (χ2n) is 10.9. The first-order chi connectivity index (χ1) is 18.6. The van der Waals surface area contributed by atoms with Crippen LogP contribution in [0.25, 0.3) is 5.69 Å². The predicted octanol–water partition coefficient (Wildman–Crippen LogP) is 5.73. The highest BCUT2D eigenvalue weighted by Crippen LogP contribution is 2.49. The van der Waals surface area contributed by atoms with Gasteiger partial charge < -0.3 is 5.32 Å². The first-order valence-corrected chi connectivity index (χ1v) is 14.9. The van der Waals surface area contributed by atoms with Gasteiger partial charge in [0.15, 0.2) is 0 Å². The third kappa shape index (κ3) is 5.65. The van der Waals surface area contributed by atoms with Crippen LogP contribution in [0.4, 0.5) is 5.82 Å². The molecule has 0 saturated heterocycles. The molecule has 3 aromatic heterocycles. The van der Waals surface area contributed by atoms with Gasteiger partial charge in [0.1, 0.15) is 12.4 Å². The van der Waals surface area contributed by atoms with Gasteiger partial charge in [-0.05, 0) is 54.6 Å². The number of thiophene rings is 1. The van der Waals surface area contributed by atoms with E-state index in [1.165, 1.54) is 4.88 Å². The van der Waals surface area contributed by atoms with Gasteiger partial charge in [-0.3, -0.25) is 19.5 Å². The minimum atomic E-state index is -0.285. The minimum Gasteiger partial charge on any atom is -0.350 e. The molecule has 0 bridgehead atoms. The Balaban J connectivity index is 1.65. The second kappa shape index (κ2) is 11.0. The lowest BCUT2D eigenvalue weighted by molar-refractivity contribution is -0.123. The molecule has 0 aliphatic carbocycles. The molecule has 1 unspecified atom stereocenters. The van der Waals surface area contributed by atoms with E-state index in [1.54, 1.807) is 40.4 Å². The number of hydrogen-bond donors (Lipinski definition) is 1. The van der Waals surface area contributed by atoms with Crippen molar-refractivity contribution in [1.82, 2.24) is 20.1 Å². The fourth-order valence-electron chi connectivity index (χ4n) is 4.85. The Morgan fingerprint density at radius 3 is 2.56 bits per heavy atom. The number of carbonyl (C=O) groups excluding carboxylic acids is 2. The van der Waals surface area contributed by atoms with Crippen LogP contribution in [0.2, 0.25) is 0 Å². The van der Waals surface area contributed by atoms with Gasteiger partial charge in [0.2, 0.25) is 11.8 Å². The summed E-state index contributed by atoms with van der Waals surface area (Å²) in [6.45, 7) is 10.8. The smallest absolute Gasteiger partial charge is 0.240 e. The predicted molar refractivity (Wildman–Crippen MR) is 159 cm³/mol. The van der Waals surface area contributed by atoms with Gasteiger partial charge in [0, 0.05) is 34.8 Å². The molecule has 4 heterocycles. The average molecular weight is 560 g/mol. The molecule has 202 valence electrons. The van der Waals surface area contributed by atoms with E-state index in [0.717, 1.165) is 33.6 Å². The summed E-state index contributed by atoms with van der Waals surface area (Å²) < 4.78 is 1.89. The number of aryl methyl sites for hydroxylation is 2. The molecule has 1 aromatic carbocycles. The maximum absolute atomic E-state index is 13.8. The van der Waals surface area contributed by atoms with Crippen molar-refractivity contribution in [3.8, 4) is 5.69 Å². The molecule has 39 heavy (non-hydrogen) atoms. The number of nitrogens with one attached hydrogen (secondary N) is 1. The molecule has 1 aliphatic heterocycles. The van der Waals surface area contributed by atoms with Crippen LogP contribution in [0.15, 0.2) is 60.2 Å². The molecule has 5 rings (SSSR count). The van der Waals surface area contributed by atoms with Crippen LogP contribution in [0.3, 0.4) is 0 Å². The summed E-state index contributed by atoms with van der Waals surface area (Å²) in [7, 11) is 0. The largest absolute Gasteiger partial charge is 0.350 e. The number of amides is 2. The lowest BCUT2D eigenvalue weighted by atomic mass is 9.88. The van der Waals surface area contributed by atoms with Crippen LogP contribution >= 0.6 is 23.1 Å². The molecule has 0 saturated carbocycles. The molecule has 1 N–H and O–H groups in total.